The lowest BCUT2D eigenvalue weighted by atomic mass is 10.0. The maximum atomic E-state index is 13.2. The van der Waals surface area contributed by atoms with Gasteiger partial charge in [0.1, 0.15) is 11.3 Å². The molecule has 1 saturated heterocycles. The molecule has 0 spiro atoms. The summed E-state index contributed by atoms with van der Waals surface area (Å²) in [5.41, 5.74) is 2.58. The van der Waals surface area contributed by atoms with E-state index in [1.54, 1.807) is 24.3 Å². The number of anilines is 1. The minimum Gasteiger partial charge on any atom is -0.490 e. The first-order chi connectivity index (χ1) is 13.7. The third-order valence-corrected chi connectivity index (χ3v) is 5.05. The third kappa shape index (κ3) is 4.24. The highest BCUT2D eigenvalue weighted by Gasteiger charge is 2.37. The number of nitrogens with one attached hydrogen (secondary N) is 1. The number of benzene rings is 2. The van der Waals surface area contributed by atoms with Crippen LogP contribution in [-0.4, -0.2) is 23.9 Å². The fourth-order valence-corrected chi connectivity index (χ4v) is 3.38. The number of nitrogens with zero attached hydrogens (tertiary/aromatic N) is 1. The SMILES string of the molecule is Cc1cccc(N2C(=O)NC(=O)/C(=C\c3cc(Br)ccc3OC(C)C)C2=O)c1C. The molecular weight excluding hydrogens is 436 g/mol. The van der Waals surface area contributed by atoms with Crippen molar-refractivity contribution in [2.24, 2.45) is 0 Å². The monoisotopic (exact) mass is 456 g/mol. The van der Waals surface area contributed by atoms with Gasteiger partial charge in [-0.1, -0.05) is 28.1 Å². The Morgan fingerprint density at radius 2 is 1.83 bits per heavy atom. The molecule has 7 heteroatoms. The zero-order valence-electron chi connectivity index (χ0n) is 16.6. The first-order valence-corrected chi connectivity index (χ1v) is 9.92. The molecule has 1 heterocycles. The quantitative estimate of drug-likeness (QED) is 0.541. The molecule has 6 nitrogen and oxygen atoms in total. The van der Waals surface area contributed by atoms with Gasteiger partial charge in [0.15, 0.2) is 0 Å². The average Bonchev–Trinajstić information content (AvgIpc) is 2.63. The van der Waals surface area contributed by atoms with E-state index in [0.717, 1.165) is 20.5 Å². The predicted molar refractivity (Wildman–Crippen MR) is 115 cm³/mol. The Labute approximate surface area is 177 Å². The standard InChI is InChI=1S/C22H21BrN2O4/c1-12(2)29-19-9-8-16(23)10-15(19)11-17-20(26)24-22(28)25(21(17)27)18-7-5-6-13(3)14(18)4/h5-12H,1-4H3,(H,24,26,28)/b17-11+. The number of imide groups is 2. The number of carbonyl (C=O) groups is 3. The third-order valence-electron chi connectivity index (χ3n) is 4.55. The summed E-state index contributed by atoms with van der Waals surface area (Å²) in [7, 11) is 0. The van der Waals surface area contributed by atoms with Crippen LogP contribution in [0.25, 0.3) is 6.08 Å². The van der Waals surface area contributed by atoms with E-state index in [1.165, 1.54) is 6.08 Å². The molecule has 0 radical (unpaired) electrons. The summed E-state index contributed by atoms with van der Waals surface area (Å²) in [6.45, 7) is 7.49. The molecule has 0 atom stereocenters. The molecule has 4 amide bonds. The van der Waals surface area contributed by atoms with E-state index in [0.29, 0.717) is 17.0 Å². The molecule has 150 valence electrons. The van der Waals surface area contributed by atoms with Gasteiger partial charge in [0, 0.05) is 10.0 Å². The minimum absolute atomic E-state index is 0.0859. The molecule has 1 aliphatic rings. The van der Waals surface area contributed by atoms with E-state index in [4.69, 9.17) is 4.74 Å². The summed E-state index contributed by atoms with van der Waals surface area (Å²) in [6.07, 6.45) is 1.36. The topological polar surface area (TPSA) is 75.7 Å². The fourth-order valence-electron chi connectivity index (χ4n) is 3.00. The smallest absolute Gasteiger partial charge is 0.335 e. The summed E-state index contributed by atoms with van der Waals surface area (Å²) >= 11 is 3.40. The summed E-state index contributed by atoms with van der Waals surface area (Å²) < 4.78 is 6.56. The summed E-state index contributed by atoms with van der Waals surface area (Å²) in [5.74, 6) is -0.883. The second-order valence-corrected chi connectivity index (χ2v) is 7.94. The number of halogens is 1. The number of urea groups is 1. The predicted octanol–water partition coefficient (Wildman–Crippen LogP) is 4.52. The Kier molecular flexibility index (Phi) is 5.88. The fraction of sp³-hybridized carbons (Fsp3) is 0.227. The highest BCUT2D eigenvalue weighted by atomic mass is 79.9. The van der Waals surface area contributed by atoms with Crippen molar-refractivity contribution in [1.82, 2.24) is 5.32 Å². The highest BCUT2D eigenvalue weighted by molar-refractivity contribution is 9.10. The number of carbonyl (C=O) groups excluding carboxylic acids is 3. The molecule has 0 bridgehead atoms. The molecular formula is C22H21BrN2O4. The molecule has 2 aromatic carbocycles. The van der Waals surface area contributed by atoms with Crippen LogP contribution in [0.3, 0.4) is 0 Å². The van der Waals surface area contributed by atoms with Gasteiger partial charge >= 0.3 is 6.03 Å². The lowest BCUT2D eigenvalue weighted by molar-refractivity contribution is -0.122. The Morgan fingerprint density at radius 3 is 2.52 bits per heavy atom. The first-order valence-electron chi connectivity index (χ1n) is 9.13. The summed E-state index contributed by atoms with van der Waals surface area (Å²) in [5, 5.41) is 2.26. The van der Waals surface area contributed by atoms with E-state index in [1.807, 2.05) is 39.8 Å². The maximum Gasteiger partial charge on any atom is 0.335 e. The number of ether oxygens (including phenoxy) is 1. The number of hydrogen-bond donors (Lipinski definition) is 1. The normalized spacial score (nSPS) is 15.9. The van der Waals surface area contributed by atoms with Crippen LogP contribution in [0.2, 0.25) is 0 Å². The lowest BCUT2D eigenvalue weighted by Gasteiger charge is -2.28. The van der Waals surface area contributed by atoms with Crippen molar-refractivity contribution in [3.8, 4) is 5.75 Å². The van der Waals surface area contributed by atoms with Crippen molar-refractivity contribution >= 4 is 45.5 Å². The van der Waals surface area contributed by atoms with Gasteiger partial charge in [0.2, 0.25) is 0 Å². The van der Waals surface area contributed by atoms with Gasteiger partial charge in [0.05, 0.1) is 11.8 Å². The Balaban J connectivity index is 2.09. The number of aryl methyl sites for hydroxylation is 1. The number of rotatable bonds is 4. The largest absolute Gasteiger partial charge is 0.490 e. The van der Waals surface area contributed by atoms with Crippen molar-refractivity contribution in [3.05, 3.63) is 63.1 Å². The van der Waals surface area contributed by atoms with Crippen LogP contribution in [0.4, 0.5) is 10.5 Å². The first kappa shape index (κ1) is 20.8. The molecule has 1 aliphatic heterocycles. The zero-order valence-corrected chi connectivity index (χ0v) is 18.2. The van der Waals surface area contributed by atoms with Crippen molar-refractivity contribution < 1.29 is 19.1 Å². The van der Waals surface area contributed by atoms with Gasteiger partial charge in [-0.15, -0.1) is 0 Å². The second kappa shape index (κ2) is 8.21. The van der Waals surface area contributed by atoms with E-state index in [-0.39, 0.29) is 11.7 Å². The number of amides is 4. The van der Waals surface area contributed by atoms with Crippen molar-refractivity contribution in [3.63, 3.8) is 0 Å². The van der Waals surface area contributed by atoms with Gasteiger partial charge in [0.25, 0.3) is 11.8 Å². The minimum atomic E-state index is -0.765. The Hall–Kier alpha value is -2.93. The lowest BCUT2D eigenvalue weighted by Crippen LogP contribution is -2.54. The average molecular weight is 457 g/mol. The van der Waals surface area contributed by atoms with Crippen LogP contribution in [0.1, 0.15) is 30.5 Å². The van der Waals surface area contributed by atoms with Gasteiger partial charge in [-0.2, -0.15) is 0 Å². The van der Waals surface area contributed by atoms with Gasteiger partial charge in [-0.3, -0.25) is 14.9 Å². The van der Waals surface area contributed by atoms with E-state index in [2.05, 4.69) is 21.2 Å². The Morgan fingerprint density at radius 1 is 1.10 bits per heavy atom. The molecule has 1 N–H and O–H groups in total. The maximum absolute atomic E-state index is 13.2. The Bertz CT molecular complexity index is 1040. The second-order valence-electron chi connectivity index (χ2n) is 7.03. The molecule has 0 aliphatic carbocycles. The summed E-state index contributed by atoms with van der Waals surface area (Å²) in [6, 6.07) is 9.90. The van der Waals surface area contributed by atoms with Gasteiger partial charge in [-0.05, 0) is 69.2 Å². The molecule has 0 saturated carbocycles. The van der Waals surface area contributed by atoms with Crippen LogP contribution in [0, 0.1) is 13.8 Å². The number of barbiturate groups is 1. The molecule has 29 heavy (non-hydrogen) atoms. The highest BCUT2D eigenvalue weighted by Crippen LogP contribution is 2.30. The van der Waals surface area contributed by atoms with Gasteiger partial charge in [-0.25, -0.2) is 9.69 Å². The molecule has 0 unspecified atom stereocenters. The number of hydrogen-bond acceptors (Lipinski definition) is 4. The van der Waals surface area contributed by atoms with Crippen LogP contribution in [0.5, 0.6) is 5.75 Å². The van der Waals surface area contributed by atoms with Gasteiger partial charge < -0.3 is 4.74 Å². The summed E-state index contributed by atoms with van der Waals surface area (Å²) in [4.78, 5) is 39.1. The van der Waals surface area contributed by atoms with Crippen molar-refractivity contribution in [2.45, 2.75) is 33.8 Å². The van der Waals surface area contributed by atoms with Crippen LogP contribution in [-0.2, 0) is 9.59 Å². The van der Waals surface area contributed by atoms with E-state index >= 15 is 0 Å². The zero-order chi connectivity index (χ0) is 21.3. The van der Waals surface area contributed by atoms with Crippen molar-refractivity contribution in [2.75, 3.05) is 4.90 Å². The molecule has 1 fully saturated rings. The molecule has 3 rings (SSSR count). The van der Waals surface area contributed by atoms with Crippen LogP contribution in [0.15, 0.2) is 46.4 Å². The van der Waals surface area contributed by atoms with E-state index < -0.39 is 17.8 Å². The van der Waals surface area contributed by atoms with Crippen LogP contribution >= 0.6 is 15.9 Å². The van der Waals surface area contributed by atoms with E-state index in [9.17, 15) is 14.4 Å². The van der Waals surface area contributed by atoms with Crippen molar-refractivity contribution in [1.29, 1.82) is 0 Å². The van der Waals surface area contributed by atoms with Crippen LogP contribution < -0.4 is 15.0 Å². The molecule has 0 aromatic heterocycles. The molecule has 2 aromatic rings.